The number of rotatable bonds is 58. The number of aliphatic carboxylic acids is 1. The molecule has 0 aromatic carbocycles. The number of hydrogen-bond donors (Lipinski definition) is 0. The van der Waals surface area contributed by atoms with Crippen molar-refractivity contribution in [2.45, 2.75) is 270 Å². The molecule has 0 spiro atoms. The second kappa shape index (κ2) is 60.1. The highest BCUT2D eigenvalue weighted by atomic mass is 16.7. The molecule has 0 bridgehead atoms. The standard InChI is InChI=1S/C70H119NO8/c1-6-8-10-12-14-16-18-20-22-23-24-25-26-27-28-29-30-31-32-33-34-35-36-37-38-39-40-41-42-43-44-45-47-49-51-53-55-57-59-61-68(73)79-66(65-78-70(69(74)75)76-63-62-71(3,4)5)64-77-67(72)60-58-56-54-52-50-48-46-21-19-17-15-13-11-9-7-2/h8-11,14-17,20-22,24-25,27-28,30-31,46,66,70H,6-7,12-13,18-19,23,26,29,32-45,47-65H2,1-5H3/b10-8-,11-9-,16-14-,17-15-,22-20-,25-24-,28-27-,31-30-,46-21-. The van der Waals surface area contributed by atoms with Crippen molar-refractivity contribution in [3.05, 3.63) is 109 Å². The van der Waals surface area contributed by atoms with E-state index in [-0.39, 0.29) is 38.6 Å². The first kappa shape index (κ1) is 75.0. The summed E-state index contributed by atoms with van der Waals surface area (Å²) in [7, 11) is 5.92. The Morgan fingerprint density at radius 2 is 0.684 bits per heavy atom. The number of hydrogen-bond acceptors (Lipinski definition) is 8. The zero-order valence-corrected chi connectivity index (χ0v) is 51.5. The fourth-order valence-electron chi connectivity index (χ4n) is 8.67. The van der Waals surface area contributed by atoms with Gasteiger partial charge in [-0.15, -0.1) is 0 Å². The van der Waals surface area contributed by atoms with Crippen LogP contribution in [0.15, 0.2) is 109 Å². The molecule has 0 heterocycles. The van der Waals surface area contributed by atoms with Crippen LogP contribution in [0.25, 0.3) is 0 Å². The van der Waals surface area contributed by atoms with E-state index in [4.69, 9.17) is 18.9 Å². The van der Waals surface area contributed by atoms with E-state index < -0.39 is 24.3 Å². The van der Waals surface area contributed by atoms with Crippen LogP contribution in [0.1, 0.15) is 258 Å². The van der Waals surface area contributed by atoms with Gasteiger partial charge in [-0.1, -0.05) is 258 Å². The number of carbonyl (C=O) groups is 3. The van der Waals surface area contributed by atoms with Gasteiger partial charge < -0.3 is 33.3 Å². The number of ether oxygens (including phenoxy) is 4. The summed E-state index contributed by atoms with van der Waals surface area (Å²) in [5.74, 6) is -2.30. The summed E-state index contributed by atoms with van der Waals surface area (Å²) in [5.41, 5.74) is 0. The third-order valence-corrected chi connectivity index (χ3v) is 13.5. The first-order valence-corrected chi connectivity index (χ1v) is 32.0. The molecule has 0 aromatic rings. The van der Waals surface area contributed by atoms with Gasteiger partial charge in [-0.2, -0.15) is 0 Å². The van der Waals surface area contributed by atoms with Crippen LogP contribution in [-0.4, -0.2) is 82.3 Å². The number of carbonyl (C=O) groups excluding carboxylic acids is 3. The summed E-state index contributed by atoms with van der Waals surface area (Å²) in [4.78, 5) is 37.3. The lowest BCUT2D eigenvalue weighted by molar-refractivity contribution is -0.870. The predicted octanol–water partition coefficient (Wildman–Crippen LogP) is 18.1. The van der Waals surface area contributed by atoms with Crippen molar-refractivity contribution < 1.29 is 42.9 Å². The Balaban J connectivity index is 4.03. The minimum atomic E-state index is -1.63. The fraction of sp³-hybridized carbons (Fsp3) is 0.700. The molecule has 0 radical (unpaired) electrons. The van der Waals surface area contributed by atoms with Gasteiger partial charge in [0.25, 0.3) is 0 Å². The Labute approximate surface area is 485 Å². The molecule has 79 heavy (non-hydrogen) atoms. The molecular weight excluding hydrogens is 983 g/mol. The van der Waals surface area contributed by atoms with Crippen LogP contribution in [0, 0.1) is 0 Å². The average Bonchev–Trinajstić information content (AvgIpc) is 3.42. The van der Waals surface area contributed by atoms with Gasteiger partial charge in [-0.25, -0.2) is 0 Å². The zero-order chi connectivity index (χ0) is 57.6. The third-order valence-electron chi connectivity index (χ3n) is 13.5. The van der Waals surface area contributed by atoms with Crippen molar-refractivity contribution in [3.8, 4) is 0 Å². The van der Waals surface area contributed by atoms with Crippen LogP contribution < -0.4 is 5.11 Å². The number of esters is 2. The Kier molecular flexibility index (Phi) is 57.0. The lowest BCUT2D eigenvalue weighted by atomic mass is 10.0. The molecule has 2 unspecified atom stereocenters. The molecule has 0 saturated carbocycles. The number of carboxylic acid groups (broad SMARTS) is 1. The van der Waals surface area contributed by atoms with E-state index in [0.717, 1.165) is 116 Å². The summed E-state index contributed by atoms with van der Waals surface area (Å²) >= 11 is 0. The summed E-state index contributed by atoms with van der Waals surface area (Å²) in [6, 6.07) is 0. The largest absolute Gasteiger partial charge is 0.545 e. The smallest absolute Gasteiger partial charge is 0.306 e. The van der Waals surface area contributed by atoms with Crippen molar-refractivity contribution in [2.75, 3.05) is 47.5 Å². The fourth-order valence-corrected chi connectivity index (χ4v) is 8.67. The van der Waals surface area contributed by atoms with Gasteiger partial charge in [0.15, 0.2) is 12.4 Å². The average molecular weight is 1100 g/mol. The molecule has 0 fully saturated rings. The molecule has 0 amide bonds. The van der Waals surface area contributed by atoms with Crippen molar-refractivity contribution in [3.63, 3.8) is 0 Å². The SMILES string of the molecule is CC/C=C\C/C=C\C/C=C\C/C=C\C/C=C\C/C=C\CCCCCCCCCCCCCCCCCCCCCCC(=O)OC(COC(=O)CCCCCCC/C=C\C/C=C\C/C=C\CC)COC(OCC[N+](C)(C)C)C(=O)[O-]. The number of allylic oxidation sites excluding steroid dienone is 18. The summed E-state index contributed by atoms with van der Waals surface area (Å²) in [5, 5.41) is 11.8. The van der Waals surface area contributed by atoms with E-state index in [0.29, 0.717) is 17.4 Å². The monoisotopic (exact) mass is 1100 g/mol. The first-order valence-electron chi connectivity index (χ1n) is 32.0. The molecule has 0 saturated heterocycles. The van der Waals surface area contributed by atoms with Crippen LogP contribution in [0.4, 0.5) is 0 Å². The van der Waals surface area contributed by atoms with Gasteiger partial charge >= 0.3 is 11.9 Å². The van der Waals surface area contributed by atoms with Gasteiger partial charge in [0.1, 0.15) is 13.2 Å². The Bertz CT molecular complexity index is 1660. The molecule has 0 N–H and O–H groups in total. The highest BCUT2D eigenvalue weighted by Crippen LogP contribution is 2.17. The van der Waals surface area contributed by atoms with E-state index in [9.17, 15) is 19.5 Å². The second-order valence-electron chi connectivity index (χ2n) is 22.3. The highest BCUT2D eigenvalue weighted by molar-refractivity contribution is 5.70. The quantitative estimate of drug-likeness (QED) is 0.0195. The predicted molar refractivity (Wildman–Crippen MR) is 333 cm³/mol. The lowest BCUT2D eigenvalue weighted by Crippen LogP contribution is -2.44. The van der Waals surface area contributed by atoms with Gasteiger partial charge in [0, 0.05) is 12.8 Å². The lowest BCUT2D eigenvalue weighted by Gasteiger charge is -2.26. The molecule has 0 aliphatic heterocycles. The Hall–Kier alpha value is -4.05. The maximum absolute atomic E-state index is 12.9. The van der Waals surface area contributed by atoms with Crippen molar-refractivity contribution in [1.29, 1.82) is 0 Å². The van der Waals surface area contributed by atoms with Crippen LogP contribution >= 0.6 is 0 Å². The summed E-state index contributed by atoms with van der Waals surface area (Å²) < 4.78 is 22.7. The van der Waals surface area contributed by atoms with Gasteiger partial charge in [-0.05, 0) is 96.3 Å². The van der Waals surface area contributed by atoms with Crippen LogP contribution in [-0.2, 0) is 33.3 Å². The van der Waals surface area contributed by atoms with Crippen LogP contribution in [0.2, 0.25) is 0 Å². The molecule has 0 aromatic heterocycles. The molecule has 0 rings (SSSR count). The van der Waals surface area contributed by atoms with Gasteiger partial charge in [0.2, 0.25) is 0 Å². The summed E-state index contributed by atoms with van der Waals surface area (Å²) in [6.45, 7) is 4.50. The van der Waals surface area contributed by atoms with Crippen molar-refractivity contribution in [2.24, 2.45) is 0 Å². The first-order chi connectivity index (χ1) is 38.6. The van der Waals surface area contributed by atoms with Crippen molar-refractivity contribution >= 4 is 17.9 Å². The summed E-state index contributed by atoms with van der Waals surface area (Å²) in [6.07, 6.45) is 80.3. The zero-order valence-electron chi connectivity index (χ0n) is 51.5. The number of likely N-dealkylation sites (N-methyl/N-ethyl adjacent to an activating group) is 1. The van der Waals surface area contributed by atoms with Crippen LogP contribution in [0.5, 0.6) is 0 Å². The Morgan fingerprint density at radius 1 is 0.380 bits per heavy atom. The topological polar surface area (TPSA) is 111 Å². The maximum Gasteiger partial charge on any atom is 0.306 e. The van der Waals surface area contributed by atoms with E-state index in [1.165, 1.54) is 109 Å². The third kappa shape index (κ3) is 61.4. The maximum atomic E-state index is 12.9. The molecule has 0 aliphatic rings. The number of nitrogens with zero attached hydrogens (tertiary/aromatic N) is 1. The minimum Gasteiger partial charge on any atom is -0.545 e. The van der Waals surface area contributed by atoms with E-state index >= 15 is 0 Å². The van der Waals surface area contributed by atoms with E-state index in [2.05, 4.69) is 123 Å². The highest BCUT2D eigenvalue weighted by Gasteiger charge is 2.22. The molecule has 9 heteroatoms. The minimum absolute atomic E-state index is 0.142. The molecule has 0 aliphatic carbocycles. The van der Waals surface area contributed by atoms with Crippen LogP contribution in [0.3, 0.4) is 0 Å². The molecule has 452 valence electrons. The second-order valence-corrected chi connectivity index (χ2v) is 22.3. The molecule has 9 nitrogen and oxygen atoms in total. The number of unbranched alkanes of at least 4 members (excludes halogenated alkanes) is 25. The van der Waals surface area contributed by atoms with E-state index in [1.54, 1.807) is 0 Å². The van der Waals surface area contributed by atoms with Gasteiger partial charge in [0.05, 0.1) is 40.3 Å². The normalized spacial score (nSPS) is 13.5. The molecule has 2 atom stereocenters. The number of carboxylic acids is 1. The Morgan fingerprint density at radius 3 is 1.01 bits per heavy atom. The molecular formula is C70H119NO8. The van der Waals surface area contributed by atoms with Gasteiger partial charge in [-0.3, -0.25) is 9.59 Å². The number of quaternary nitrogens is 1. The van der Waals surface area contributed by atoms with E-state index in [1.807, 2.05) is 21.1 Å². The van der Waals surface area contributed by atoms with Crippen molar-refractivity contribution in [1.82, 2.24) is 0 Å².